The van der Waals surface area contributed by atoms with Gasteiger partial charge in [-0.25, -0.2) is 0 Å². The first-order chi connectivity index (χ1) is 8.62. The molecule has 0 atom stereocenters. The topological polar surface area (TPSA) is 12.0 Å². The van der Waals surface area contributed by atoms with Crippen LogP contribution in [0, 0.1) is 5.41 Å². The molecular formula is C17H26ClN. The molecule has 0 aromatic heterocycles. The lowest BCUT2D eigenvalue weighted by Gasteiger charge is -2.54. The van der Waals surface area contributed by atoms with Gasteiger partial charge in [-0.15, -0.1) is 0 Å². The van der Waals surface area contributed by atoms with Gasteiger partial charge in [0.1, 0.15) is 0 Å². The van der Waals surface area contributed by atoms with Gasteiger partial charge in [0.15, 0.2) is 0 Å². The molecule has 0 bridgehead atoms. The second-order valence-corrected chi connectivity index (χ2v) is 8.34. The van der Waals surface area contributed by atoms with Crippen LogP contribution in [0.3, 0.4) is 0 Å². The van der Waals surface area contributed by atoms with E-state index in [1.165, 1.54) is 18.4 Å². The van der Waals surface area contributed by atoms with Crippen molar-refractivity contribution in [3.05, 3.63) is 34.9 Å². The van der Waals surface area contributed by atoms with Crippen molar-refractivity contribution in [2.45, 2.75) is 58.4 Å². The maximum Gasteiger partial charge on any atom is 0.0406 e. The van der Waals surface area contributed by atoms with E-state index in [1.807, 2.05) is 12.1 Å². The molecule has 0 heterocycles. The van der Waals surface area contributed by atoms with Crippen molar-refractivity contribution in [1.29, 1.82) is 0 Å². The van der Waals surface area contributed by atoms with Crippen molar-refractivity contribution < 1.29 is 0 Å². The molecule has 2 heteroatoms. The molecule has 0 unspecified atom stereocenters. The van der Waals surface area contributed by atoms with Crippen LogP contribution >= 0.6 is 11.6 Å². The predicted octanol–water partition coefficient (Wildman–Crippen LogP) is 4.79. The Morgan fingerprint density at radius 3 is 2.05 bits per heavy atom. The van der Waals surface area contributed by atoms with Gasteiger partial charge in [0.05, 0.1) is 0 Å². The number of benzene rings is 1. The summed E-state index contributed by atoms with van der Waals surface area (Å²) in [7, 11) is 0. The van der Waals surface area contributed by atoms with Crippen LogP contribution in [0.25, 0.3) is 0 Å². The van der Waals surface area contributed by atoms with Crippen LogP contribution in [0.15, 0.2) is 24.3 Å². The molecule has 1 aromatic rings. The van der Waals surface area contributed by atoms with E-state index in [4.69, 9.17) is 11.6 Å². The summed E-state index contributed by atoms with van der Waals surface area (Å²) in [5.74, 6) is 0. The van der Waals surface area contributed by atoms with Gasteiger partial charge in [-0.2, -0.15) is 0 Å². The molecule has 1 aromatic carbocycles. The van der Waals surface area contributed by atoms with Crippen molar-refractivity contribution in [1.82, 2.24) is 5.32 Å². The molecule has 1 saturated carbocycles. The third-order valence-corrected chi connectivity index (χ3v) is 4.30. The zero-order chi connectivity index (χ0) is 14.3. The zero-order valence-electron chi connectivity index (χ0n) is 12.8. The summed E-state index contributed by atoms with van der Waals surface area (Å²) in [4.78, 5) is 0. The number of hydrogen-bond acceptors (Lipinski definition) is 1. The Kier molecular flexibility index (Phi) is 3.75. The van der Waals surface area contributed by atoms with Crippen LogP contribution in [-0.4, -0.2) is 12.1 Å². The van der Waals surface area contributed by atoms with Crippen molar-refractivity contribution in [2.24, 2.45) is 5.41 Å². The largest absolute Gasteiger partial charge is 0.311 e. The Morgan fingerprint density at radius 2 is 1.63 bits per heavy atom. The minimum absolute atomic E-state index is 0.166. The molecule has 1 fully saturated rings. The van der Waals surface area contributed by atoms with Gasteiger partial charge < -0.3 is 5.32 Å². The van der Waals surface area contributed by atoms with Crippen molar-refractivity contribution in [2.75, 3.05) is 6.54 Å². The minimum Gasteiger partial charge on any atom is -0.311 e. The van der Waals surface area contributed by atoms with E-state index in [1.54, 1.807) is 0 Å². The van der Waals surface area contributed by atoms with Crippen molar-refractivity contribution in [3.8, 4) is 0 Å². The lowest BCUT2D eigenvalue weighted by molar-refractivity contribution is 0.0512. The first-order valence-electron chi connectivity index (χ1n) is 7.13. The third kappa shape index (κ3) is 3.52. The first kappa shape index (κ1) is 14.9. The Morgan fingerprint density at radius 1 is 1.11 bits per heavy atom. The number of hydrogen-bond donors (Lipinski definition) is 1. The molecule has 1 aliphatic rings. The number of nitrogens with one attached hydrogen (secondary N) is 1. The molecular weight excluding hydrogens is 254 g/mol. The highest BCUT2D eigenvalue weighted by atomic mass is 35.5. The van der Waals surface area contributed by atoms with Crippen LogP contribution in [0.2, 0.25) is 5.02 Å². The average molecular weight is 280 g/mol. The molecule has 2 rings (SSSR count). The maximum absolute atomic E-state index is 6.01. The van der Waals surface area contributed by atoms with Gasteiger partial charge in [-0.3, -0.25) is 0 Å². The molecule has 1 nitrogen and oxygen atoms in total. The van der Waals surface area contributed by atoms with Crippen LogP contribution in [0.1, 0.15) is 53.0 Å². The summed E-state index contributed by atoms with van der Waals surface area (Å²) >= 11 is 6.01. The molecule has 0 saturated heterocycles. The number of rotatable bonds is 3. The van der Waals surface area contributed by atoms with E-state index in [0.29, 0.717) is 5.41 Å². The first-order valence-corrected chi connectivity index (χ1v) is 7.51. The lowest BCUT2D eigenvalue weighted by Crippen LogP contribution is -2.55. The van der Waals surface area contributed by atoms with Gasteiger partial charge in [0.2, 0.25) is 0 Å². The highest BCUT2D eigenvalue weighted by molar-refractivity contribution is 6.30. The maximum atomic E-state index is 6.01. The third-order valence-electron chi connectivity index (χ3n) is 4.05. The minimum atomic E-state index is 0.166. The Bertz CT molecular complexity index is 431. The molecule has 19 heavy (non-hydrogen) atoms. The van der Waals surface area contributed by atoms with E-state index in [9.17, 15) is 0 Å². The Labute approximate surface area is 122 Å². The van der Waals surface area contributed by atoms with Crippen LogP contribution in [-0.2, 0) is 5.41 Å². The quantitative estimate of drug-likeness (QED) is 0.839. The second-order valence-electron chi connectivity index (χ2n) is 7.91. The normalized spacial score (nSPS) is 20.9. The highest BCUT2D eigenvalue weighted by Gasteiger charge is 2.50. The summed E-state index contributed by atoms with van der Waals surface area (Å²) in [6, 6.07) is 8.42. The number of halogens is 1. The van der Waals surface area contributed by atoms with Gasteiger partial charge in [0.25, 0.3) is 0 Å². The standard InChI is InChI=1S/C17H26ClN/c1-15(2,3)19-12-17(10-16(4,5)11-17)13-6-8-14(18)9-7-13/h6-9,19H,10-12H2,1-5H3. The summed E-state index contributed by atoms with van der Waals surface area (Å²) in [6.45, 7) is 12.4. The summed E-state index contributed by atoms with van der Waals surface area (Å²) in [5, 5.41) is 4.50. The fourth-order valence-corrected chi connectivity index (χ4v) is 3.58. The predicted molar refractivity (Wildman–Crippen MR) is 83.9 cm³/mol. The van der Waals surface area contributed by atoms with Crippen LogP contribution < -0.4 is 5.32 Å². The van der Waals surface area contributed by atoms with E-state index in [2.05, 4.69) is 52.1 Å². The molecule has 1 N–H and O–H groups in total. The highest BCUT2D eigenvalue weighted by Crippen LogP contribution is 2.55. The van der Waals surface area contributed by atoms with Gasteiger partial charge in [-0.1, -0.05) is 37.6 Å². The van der Waals surface area contributed by atoms with Crippen molar-refractivity contribution in [3.63, 3.8) is 0 Å². The Hall–Kier alpha value is -0.530. The van der Waals surface area contributed by atoms with E-state index >= 15 is 0 Å². The monoisotopic (exact) mass is 279 g/mol. The van der Waals surface area contributed by atoms with E-state index < -0.39 is 0 Å². The SMILES string of the molecule is CC1(C)CC(CNC(C)(C)C)(c2ccc(Cl)cc2)C1. The Balaban J connectivity index is 2.19. The van der Waals surface area contributed by atoms with Gasteiger partial charge in [0, 0.05) is 22.5 Å². The zero-order valence-corrected chi connectivity index (χ0v) is 13.6. The summed E-state index contributed by atoms with van der Waals surface area (Å²) in [5.41, 5.74) is 2.33. The molecule has 0 spiro atoms. The average Bonchev–Trinajstić information content (AvgIpc) is 2.23. The van der Waals surface area contributed by atoms with Gasteiger partial charge >= 0.3 is 0 Å². The molecule has 1 aliphatic carbocycles. The molecule has 0 radical (unpaired) electrons. The van der Waals surface area contributed by atoms with Crippen LogP contribution in [0.4, 0.5) is 0 Å². The summed E-state index contributed by atoms with van der Waals surface area (Å²) < 4.78 is 0. The van der Waals surface area contributed by atoms with Gasteiger partial charge in [-0.05, 0) is 56.7 Å². The van der Waals surface area contributed by atoms with Crippen LogP contribution in [0.5, 0.6) is 0 Å². The fourth-order valence-electron chi connectivity index (χ4n) is 3.45. The van der Waals surface area contributed by atoms with E-state index in [-0.39, 0.29) is 11.0 Å². The smallest absolute Gasteiger partial charge is 0.0406 e. The molecule has 0 amide bonds. The lowest BCUT2D eigenvalue weighted by atomic mass is 9.52. The fraction of sp³-hybridized carbons (Fsp3) is 0.647. The second kappa shape index (κ2) is 4.79. The van der Waals surface area contributed by atoms with Crippen molar-refractivity contribution >= 4 is 11.6 Å². The van der Waals surface area contributed by atoms with E-state index in [0.717, 1.165) is 11.6 Å². The summed E-state index contributed by atoms with van der Waals surface area (Å²) in [6.07, 6.45) is 2.48. The molecule has 106 valence electrons. The molecule has 0 aliphatic heterocycles.